The first-order valence-electron chi connectivity index (χ1n) is 10.5. The summed E-state index contributed by atoms with van der Waals surface area (Å²) in [6.45, 7) is 5.61. The normalized spacial score (nSPS) is 11.9. The maximum atomic E-state index is 13.4. The Balaban J connectivity index is 1.84. The summed E-state index contributed by atoms with van der Waals surface area (Å²) in [7, 11) is 0. The third-order valence-electron chi connectivity index (χ3n) is 5.37. The van der Waals surface area contributed by atoms with Crippen LogP contribution in [0.25, 0.3) is 44.3 Å². The van der Waals surface area contributed by atoms with E-state index in [0.29, 0.717) is 5.02 Å². The Kier molecular flexibility index (Phi) is 4.83. The summed E-state index contributed by atoms with van der Waals surface area (Å²) >= 11 is 6.36. The second-order valence-electron chi connectivity index (χ2n) is 8.84. The van der Waals surface area contributed by atoms with Crippen molar-refractivity contribution in [1.82, 2.24) is 9.55 Å². The molecule has 0 aliphatic rings. The number of rotatable bonds is 2. The molecular weight excluding hydrogens is 420 g/mol. The number of H-pyrrole nitrogens is 1. The van der Waals surface area contributed by atoms with Crippen molar-refractivity contribution in [2.24, 2.45) is 0 Å². The molecule has 3 aromatic carbocycles. The van der Waals surface area contributed by atoms with Crippen molar-refractivity contribution in [2.75, 3.05) is 0 Å². The fourth-order valence-electron chi connectivity index (χ4n) is 4.10. The molecule has 0 amide bonds. The van der Waals surface area contributed by atoms with E-state index >= 15 is 0 Å². The first-order valence-corrected chi connectivity index (χ1v) is 10.9. The highest BCUT2D eigenvalue weighted by Crippen LogP contribution is 2.41. The average Bonchev–Trinajstić information content (AvgIpc) is 3.31. The van der Waals surface area contributed by atoms with E-state index in [2.05, 4.69) is 17.1 Å². The summed E-state index contributed by atoms with van der Waals surface area (Å²) < 4.78 is 7.43. The van der Waals surface area contributed by atoms with Gasteiger partial charge in [0.15, 0.2) is 0 Å². The summed E-state index contributed by atoms with van der Waals surface area (Å²) in [5.41, 5.74) is 4.75. The Morgan fingerprint density at radius 1 is 0.938 bits per heavy atom. The Bertz CT molecular complexity index is 1460. The fourth-order valence-corrected chi connectivity index (χ4v) is 4.28. The molecular formula is C27H23ClN2O2. The summed E-state index contributed by atoms with van der Waals surface area (Å²) in [4.78, 5) is 16.9. The standard InChI is InChI=1S/C27H23ClN2O2/c1-27(2,3)32-26(31)30-22-12-8-7-11-18(22)15-23(30)25-24(17-9-5-4-6-10-17)20-16-19(28)13-14-21(20)29-25/h4-16,29H,1-3H3. The van der Waals surface area contributed by atoms with Gasteiger partial charge < -0.3 is 9.72 Å². The van der Waals surface area contributed by atoms with Crippen molar-refractivity contribution in [3.8, 4) is 22.5 Å². The minimum Gasteiger partial charge on any atom is -0.443 e. The monoisotopic (exact) mass is 442 g/mol. The number of nitrogens with one attached hydrogen (secondary N) is 1. The minimum absolute atomic E-state index is 0.413. The third kappa shape index (κ3) is 3.57. The van der Waals surface area contributed by atoms with E-state index in [-0.39, 0.29) is 0 Å². The number of para-hydroxylation sites is 1. The number of benzene rings is 3. The van der Waals surface area contributed by atoms with Gasteiger partial charge in [-0.05, 0) is 56.7 Å². The number of aromatic nitrogens is 2. The highest BCUT2D eigenvalue weighted by atomic mass is 35.5. The van der Waals surface area contributed by atoms with Crippen LogP contribution in [0.3, 0.4) is 0 Å². The maximum Gasteiger partial charge on any atom is 0.419 e. The van der Waals surface area contributed by atoms with Gasteiger partial charge in [-0.2, -0.15) is 0 Å². The zero-order valence-electron chi connectivity index (χ0n) is 18.1. The first kappa shape index (κ1) is 20.4. The number of carbonyl (C=O) groups is 1. The molecule has 0 fully saturated rings. The second kappa shape index (κ2) is 7.57. The number of nitrogens with zero attached hydrogens (tertiary/aromatic N) is 1. The molecule has 0 aliphatic heterocycles. The van der Waals surface area contributed by atoms with Gasteiger partial charge in [0.2, 0.25) is 0 Å². The van der Waals surface area contributed by atoms with Crippen LogP contribution in [0.5, 0.6) is 0 Å². The molecule has 160 valence electrons. The van der Waals surface area contributed by atoms with Gasteiger partial charge in [0.25, 0.3) is 0 Å². The second-order valence-corrected chi connectivity index (χ2v) is 9.27. The molecule has 0 spiro atoms. The summed E-state index contributed by atoms with van der Waals surface area (Å²) in [6.07, 6.45) is -0.413. The van der Waals surface area contributed by atoms with Crippen molar-refractivity contribution in [3.05, 3.63) is 83.9 Å². The number of fused-ring (bicyclic) bond motifs is 2. The minimum atomic E-state index is -0.615. The van der Waals surface area contributed by atoms with E-state index in [9.17, 15) is 4.79 Å². The molecule has 0 saturated heterocycles. The molecule has 1 N–H and O–H groups in total. The van der Waals surface area contributed by atoms with Gasteiger partial charge in [-0.3, -0.25) is 0 Å². The largest absolute Gasteiger partial charge is 0.443 e. The van der Waals surface area contributed by atoms with Gasteiger partial charge in [-0.25, -0.2) is 9.36 Å². The molecule has 32 heavy (non-hydrogen) atoms. The van der Waals surface area contributed by atoms with Gasteiger partial charge in [-0.1, -0.05) is 60.1 Å². The molecule has 0 aliphatic carbocycles. The van der Waals surface area contributed by atoms with Gasteiger partial charge >= 0.3 is 6.09 Å². The van der Waals surface area contributed by atoms with Crippen molar-refractivity contribution in [1.29, 1.82) is 0 Å². The van der Waals surface area contributed by atoms with E-state index in [1.807, 2.05) is 87.5 Å². The van der Waals surface area contributed by atoms with Crippen LogP contribution >= 0.6 is 11.6 Å². The number of halogens is 1. The predicted molar refractivity (Wildman–Crippen MR) is 131 cm³/mol. The molecule has 0 unspecified atom stereocenters. The predicted octanol–water partition coefficient (Wildman–Crippen LogP) is 7.89. The van der Waals surface area contributed by atoms with E-state index in [0.717, 1.165) is 44.3 Å². The molecule has 4 nitrogen and oxygen atoms in total. The molecule has 5 heteroatoms. The highest BCUT2D eigenvalue weighted by Gasteiger charge is 2.26. The van der Waals surface area contributed by atoms with Crippen molar-refractivity contribution in [2.45, 2.75) is 26.4 Å². The van der Waals surface area contributed by atoms with E-state index < -0.39 is 11.7 Å². The Hall–Kier alpha value is -3.50. The van der Waals surface area contributed by atoms with Crippen LogP contribution in [0, 0.1) is 0 Å². The van der Waals surface area contributed by atoms with Crippen LogP contribution in [0.2, 0.25) is 5.02 Å². The van der Waals surface area contributed by atoms with Crippen molar-refractivity contribution in [3.63, 3.8) is 0 Å². The van der Waals surface area contributed by atoms with Crippen LogP contribution in [0.1, 0.15) is 20.8 Å². The smallest absolute Gasteiger partial charge is 0.419 e. The van der Waals surface area contributed by atoms with Gasteiger partial charge in [0, 0.05) is 26.9 Å². The number of hydrogen-bond donors (Lipinski definition) is 1. The lowest BCUT2D eigenvalue weighted by molar-refractivity contribution is 0.0547. The lowest BCUT2D eigenvalue weighted by Gasteiger charge is -2.21. The van der Waals surface area contributed by atoms with Gasteiger partial charge in [0.05, 0.1) is 16.9 Å². The van der Waals surface area contributed by atoms with Gasteiger partial charge in [0.1, 0.15) is 5.60 Å². The van der Waals surface area contributed by atoms with E-state index in [1.54, 1.807) is 4.57 Å². The summed E-state index contributed by atoms with van der Waals surface area (Å²) in [5.74, 6) is 0. The summed E-state index contributed by atoms with van der Waals surface area (Å²) in [6, 6.07) is 25.8. The van der Waals surface area contributed by atoms with E-state index in [1.165, 1.54) is 0 Å². The maximum absolute atomic E-state index is 13.4. The highest BCUT2D eigenvalue weighted by molar-refractivity contribution is 6.31. The van der Waals surface area contributed by atoms with Crippen LogP contribution in [0.15, 0.2) is 78.9 Å². The molecule has 5 rings (SSSR count). The zero-order valence-corrected chi connectivity index (χ0v) is 18.9. The topological polar surface area (TPSA) is 47.0 Å². The molecule has 0 saturated carbocycles. The summed E-state index contributed by atoms with van der Waals surface area (Å²) in [5, 5.41) is 2.62. The van der Waals surface area contributed by atoms with Crippen LogP contribution in [-0.2, 0) is 4.74 Å². The average molecular weight is 443 g/mol. The Morgan fingerprint density at radius 2 is 1.66 bits per heavy atom. The number of aromatic amines is 1. The molecule has 0 bridgehead atoms. The van der Waals surface area contributed by atoms with Crippen LogP contribution in [0.4, 0.5) is 4.79 Å². The Morgan fingerprint density at radius 3 is 2.41 bits per heavy atom. The Labute approximate surface area is 191 Å². The van der Waals surface area contributed by atoms with Crippen molar-refractivity contribution < 1.29 is 9.53 Å². The first-order chi connectivity index (χ1) is 15.3. The quantitative estimate of drug-likeness (QED) is 0.302. The molecule has 2 aromatic heterocycles. The van der Waals surface area contributed by atoms with E-state index in [4.69, 9.17) is 16.3 Å². The third-order valence-corrected chi connectivity index (χ3v) is 5.60. The molecule has 0 radical (unpaired) electrons. The lowest BCUT2D eigenvalue weighted by atomic mass is 10.0. The van der Waals surface area contributed by atoms with Gasteiger partial charge in [-0.15, -0.1) is 0 Å². The van der Waals surface area contributed by atoms with Crippen LogP contribution in [-0.4, -0.2) is 21.2 Å². The fraction of sp³-hybridized carbons (Fsp3) is 0.148. The number of hydrogen-bond acceptors (Lipinski definition) is 2. The SMILES string of the molecule is CC(C)(C)OC(=O)n1c(-c2[nH]c3ccc(Cl)cc3c2-c2ccccc2)cc2ccccc21. The number of ether oxygens (including phenoxy) is 1. The molecule has 5 aromatic rings. The van der Waals surface area contributed by atoms with Crippen LogP contribution < -0.4 is 0 Å². The zero-order chi connectivity index (χ0) is 22.5. The molecule has 2 heterocycles. The van der Waals surface area contributed by atoms with Crippen molar-refractivity contribution >= 4 is 39.5 Å². The lowest BCUT2D eigenvalue weighted by Crippen LogP contribution is -2.27. The number of carbonyl (C=O) groups excluding carboxylic acids is 1. The molecule has 0 atom stereocenters.